The van der Waals surface area contributed by atoms with Gasteiger partial charge in [-0.15, -0.1) is 11.3 Å². The van der Waals surface area contributed by atoms with E-state index in [1.165, 1.54) is 11.3 Å². The van der Waals surface area contributed by atoms with Gasteiger partial charge in [-0.05, 0) is 18.1 Å². The van der Waals surface area contributed by atoms with Crippen molar-refractivity contribution in [3.63, 3.8) is 0 Å². The van der Waals surface area contributed by atoms with Gasteiger partial charge in [0, 0.05) is 10.6 Å². The van der Waals surface area contributed by atoms with Crippen LogP contribution in [0, 0.1) is 5.41 Å². The number of halogens is 1. The van der Waals surface area contributed by atoms with Crippen LogP contribution in [-0.4, -0.2) is 10.8 Å². The Morgan fingerprint density at radius 2 is 1.94 bits per heavy atom. The minimum Gasteiger partial charge on any atom is -0.383 e. The lowest BCUT2D eigenvalue weighted by atomic mass is 10.1. The molecule has 0 radical (unpaired) electrons. The second-order valence-corrected chi connectivity index (χ2v) is 5.74. The lowest BCUT2D eigenvalue weighted by molar-refractivity contribution is 0.831. The third-order valence-electron chi connectivity index (χ3n) is 2.54. The Labute approximate surface area is 115 Å². The van der Waals surface area contributed by atoms with Gasteiger partial charge in [0.05, 0.1) is 10.6 Å². The molecule has 94 valence electrons. The molecule has 3 N–H and O–H groups in total. The lowest BCUT2D eigenvalue weighted by Crippen LogP contribution is -2.12. The van der Waals surface area contributed by atoms with Gasteiger partial charge in [0.25, 0.3) is 0 Å². The van der Waals surface area contributed by atoms with Crippen molar-refractivity contribution in [1.82, 2.24) is 4.98 Å². The van der Waals surface area contributed by atoms with Crippen molar-refractivity contribution in [3.8, 4) is 10.6 Å². The number of hydrogen-bond acceptors (Lipinski definition) is 3. The van der Waals surface area contributed by atoms with Gasteiger partial charge in [-0.1, -0.05) is 37.6 Å². The normalized spacial score (nSPS) is 10.9. The Morgan fingerprint density at radius 1 is 1.33 bits per heavy atom. The summed E-state index contributed by atoms with van der Waals surface area (Å²) in [5.74, 6) is 0.331. The molecule has 5 heteroatoms. The summed E-state index contributed by atoms with van der Waals surface area (Å²) in [5, 5.41) is 9.18. The maximum Gasteiger partial charge on any atom is 0.135 e. The zero-order valence-electron chi connectivity index (χ0n) is 10.2. The first-order chi connectivity index (χ1) is 8.49. The van der Waals surface area contributed by atoms with Crippen molar-refractivity contribution < 1.29 is 0 Å². The van der Waals surface area contributed by atoms with Crippen LogP contribution in [0.15, 0.2) is 24.3 Å². The standard InChI is InChI=1S/C13H14ClN3S/c1-7(2)10-11(12(15)16)18-13(17-10)8-3-5-9(14)6-4-8/h3-7H,1-2H3,(H3,15,16). The molecule has 0 amide bonds. The zero-order chi connectivity index (χ0) is 13.3. The predicted molar refractivity (Wildman–Crippen MR) is 77.7 cm³/mol. The van der Waals surface area contributed by atoms with E-state index in [1.807, 2.05) is 38.1 Å². The van der Waals surface area contributed by atoms with E-state index in [0.29, 0.717) is 5.02 Å². The van der Waals surface area contributed by atoms with E-state index < -0.39 is 0 Å². The van der Waals surface area contributed by atoms with Gasteiger partial charge in [-0.25, -0.2) is 4.98 Å². The van der Waals surface area contributed by atoms with Gasteiger partial charge >= 0.3 is 0 Å². The molecule has 0 atom stereocenters. The third-order valence-corrected chi connectivity index (χ3v) is 3.94. The number of nitrogens with one attached hydrogen (secondary N) is 1. The van der Waals surface area contributed by atoms with Crippen LogP contribution < -0.4 is 5.73 Å². The molecule has 0 bridgehead atoms. The number of nitrogen functional groups attached to an aromatic ring is 1. The van der Waals surface area contributed by atoms with Crippen LogP contribution in [0.4, 0.5) is 0 Å². The van der Waals surface area contributed by atoms with Crippen molar-refractivity contribution in [1.29, 1.82) is 5.41 Å². The molecule has 0 saturated carbocycles. The first kappa shape index (κ1) is 13.1. The van der Waals surface area contributed by atoms with E-state index >= 15 is 0 Å². The predicted octanol–water partition coefficient (Wildman–Crippen LogP) is 3.87. The van der Waals surface area contributed by atoms with E-state index in [1.54, 1.807) is 0 Å². The van der Waals surface area contributed by atoms with Crippen molar-refractivity contribution in [3.05, 3.63) is 39.9 Å². The molecule has 18 heavy (non-hydrogen) atoms. The van der Waals surface area contributed by atoms with Crippen LogP contribution in [0.1, 0.15) is 30.3 Å². The van der Waals surface area contributed by atoms with Gasteiger partial charge in [0.2, 0.25) is 0 Å². The molecule has 2 aromatic rings. The maximum absolute atomic E-state index is 7.61. The minimum atomic E-state index is 0.0800. The number of benzene rings is 1. The molecule has 0 unspecified atom stereocenters. The molecule has 0 fully saturated rings. The number of nitrogens with zero attached hydrogens (tertiary/aromatic N) is 1. The van der Waals surface area contributed by atoms with Crippen molar-refractivity contribution in [2.75, 3.05) is 0 Å². The fourth-order valence-corrected chi connectivity index (χ4v) is 2.85. The average molecular weight is 280 g/mol. The number of hydrogen-bond donors (Lipinski definition) is 2. The summed E-state index contributed by atoms with van der Waals surface area (Å²) in [6, 6.07) is 7.52. The van der Waals surface area contributed by atoms with Crippen LogP contribution in [0.2, 0.25) is 5.02 Å². The van der Waals surface area contributed by atoms with Crippen molar-refractivity contribution in [2.24, 2.45) is 5.73 Å². The first-order valence-electron chi connectivity index (χ1n) is 5.60. The number of aromatic nitrogens is 1. The second kappa shape index (κ2) is 5.08. The summed E-state index contributed by atoms with van der Waals surface area (Å²) >= 11 is 7.32. The summed E-state index contributed by atoms with van der Waals surface area (Å²) in [6.45, 7) is 4.10. The van der Waals surface area contributed by atoms with Crippen LogP contribution in [0.5, 0.6) is 0 Å². The highest BCUT2D eigenvalue weighted by Gasteiger charge is 2.17. The molecule has 0 aliphatic carbocycles. The first-order valence-corrected chi connectivity index (χ1v) is 6.79. The fraction of sp³-hybridized carbons (Fsp3) is 0.231. The fourth-order valence-electron chi connectivity index (χ4n) is 1.63. The van der Waals surface area contributed by atoms with Crippen LogP contribution >= 0.6 is 22.9 Å². The van der Waals surface area contributed by atoms with Crippen molar-refractivity contribution in [2.45, 2.75) is 19.8 Å². The summed E-state index contributed by atoms with van der Waals surface area (Å²) in [6.07, 6.45) is 0. The molecule has 2 rings (SSSR count). The van der Waals surface area contributed by atoms with Gasteiger partial charge in [-0.3, -0.25) is 5.41 Å². The molecule has 0 aliphatic heterocycles. The quantitative estimate of drug-likeness (QED) is 0.662. The smallest absolute Gasteiger partial charge is 0.135 e. The highest BCUT2D eigenvalue weighted by Crippen LogP contribution is 2.31. The Morgan fingerprint density at radius 3 is 2.39 bits per heavy atom. The molecule has 3 nitrogen and oxygen atoms in total. The van der Waals surface area contributed by atoms with E-state index in [4.69, 9.17) is 22.7 Å². The third kappa shape index (κ3) is 2.54. The Balaban J connectivity index is 2.49. The molecule has 1 heterocycles. The molecule has 0 spiro atoms. The Kier molecular flexibility index (Phi) is 3.68. The Bertz CT molecular complexity index is 572. The second-order valence-electron chi connectivity index (χ2n) is 4.31. The van der Waals surface area contributed by atoms with Gasteiger partial charge in [0.15, 0.2) is 0 Å². The molecule has 1 aromatic heterocycles. The van der Waals surface area contributed by atoms with E-state index in [-0.39, 0.29) is 11.8 Å². The molecule has 0 aliphatic rings. The van der Waals surface area contributed by atoms with Gasteiger partial charge in [0.1, 0.15) is 10.8 Å². The number of nitrogens with two attached hydrogens (primary N) is 1. The van der Waals surface area contributed by atoms with E-state index in [0.717, 1.165) is 21.1 Å². The lowest BCUT2D eigenvalue weighted by Gasteiger charge is -2.02. The minimum absolute atomic E-state index is 0.0800. The van der Waals surface area contributed by atoms with Crippen LogP contribution in [0.25, 0.3) is 10.6 Å². The van der Waals surface area contributed by atoms with Crippen molar-refractivity contribution >= 4 is 28.8 Å². The number of amidine groups is 1. The van der Waals surface area contributed by atoms with Gasteiger partial charge in [-0.2, -0.15) is 0 Å². The van der Waals surface area contributed by atoms with E-state index in [9.17, 15) is 0 Å². The zero-order valence-corrected chi connectivity index (χ0v) is 11.8. The summed E-state index contributed by atoms with van der Waals surface area (Å²) < 4.78 is 0. The SMILES string of the molecule is CC(C)c1nc(-c2ccc(Cl)cc2)sc1C(=N)N. The highest BCUT2D eigenvalue weighted by molar-refractivity contribution is 7.17. The molecule has 1 aromatic carbocycles. The molecule has 0 saturated heterocycles. The van der Waals surface area contributed by atoms with E-state index in [2.05, 4.69) is 4.98 Å². The summed E-state index contributed by atoms with van der Waals surface area (Å²) in [7, 11) is 0. The van der Waals surface area contributed by atoms with Crippen LogP contribution in [0.3, 0.4) is 0 Å². The van der Waals surface area contributed by atoms with Gasteiger partial charge < -0.3 is 5.73 Å². The monoisotopic (exact) mass is 279 g/mol. The summed E-state index contributed by atoms with van der Waals surface area (Å²) in [5.41, 5.74) is 7.49. The molecular weight excluding hydrogens is 266 g/mol. The Hall–Kier alpha value is -1.39. The largest absolute Gasteiger partial charge is 0.383 e. The average Bonchev–Trinajstić information content (AvgIpc) is 2.75. The van der Waals surface area contributed by atoms with Crippen LogP contribution in [-0.2, 0) is 0 Å². The number of rotatable bonds is 3. The number of thiazole rings is 1. The highest BCUT2D eigenvalue weighted by atomic mass is 35.5. The summed E-state index contributed by atoms with van der Waals surface area (Å²) in [4.78, 5) is 5.34. The topological polar surface area (TPSA) is 62.8 Å². The maximum atomic E-state index is 7.61. The molecular formula is C13H14ClN3S.